The molecule has 0 N–H and O–H groups in total. The van der Waals surface area contributed by atoms with Gasteiger partial charge in [-0.25, -0.2) is 4.98 Å². The molecule has 0 spiro atoms. The minimum Gasteiger partial charge on any atom is -0.316 e. The van der Waals surface area contributed by atoms with Crippen molar-refractivity contribution in [3.63, 3.8) is 0 Å². The number of aromatic nitrogens is 2. The normalized spacial score (nSPS) is 13.8. The first-order valence-electron chi connectivity index (χ1n) is 2.39. The number of imidazole rings is 1. The van der Waals surface area contributed by atoms with Gasteiger partial charge in [0, 0.05) is 12.4 Å². The van der Waals surface area contributed by atoms with Crippen molar-refractivity contribution in [1.29, 1.82) is 0 Å². The largest absolute Gasteiger partial charge is 0.316 e. The van der Waals surface area contributed by atoms with E-state index in [0.717, 1.165) is 0 Å². The number of hydrogen-bond acceptors (Lipinski definition) is 2. The summed E-state index contributed by atoms with van der Waals surface area (Å²) in [4.78, 5) is 3.73. The average molecular weight is 127 g/mol. The predicted octanol–water partition coefficient (Wildman–Crippen LogP) is 1.13. The first kappa shape index (κ1) is 5.69. The van der Waals surface area contributed by atoms with E-state index >= 15 is 0 Å². The molecule has 0 aromatic carbocycles. The van der Waals surface area contributed by atoms with E-state index in [9.17, 15) is 0 Å². The second kappa shape index (κ2) is 2.22. The molecular formula is C5H7N2S. The van der Waals surface area contributed by atoms with Crippen LogP contribution in [0.1, 0.15) is 12.3 Å². The van der Waals surface area contributed by atoms with Gasteiger partial charge in [0.05, 0.1) is 5.37 Å². The van der Waals surface area contributed by atoms with Crippen LogP contribution < -0.4 is 0 Å². The van der Waals surface area contributed by atoms with Crippen LogP contribution in [0.15, 0.2) is 12.4 Å². The second-order valence-corrected chi connectivity index (χ2v) is 2.31. The number of rotatable bonds is 1. The molecule has 0 fully saturated rings. The van der Waals surface area contributed by atoms with Crippen molar-refractivity contribution in [2.75, 3.05) is 0 Å². The lowest BCUT2D eigenvalue weighted by Crippen LogP contribution is -1.92. The second-order valence-electron chi connectivity index (χ2n) is 1.57. The molecule has 0 amide bonds. The zero-order valence-corrected chi connectivity index (χ0v) is 5.47. The first-order valence-corrected chi connectivity index (χ1v) is 2.91. The van der Waals surface area contributed by atoms with Crippen molar-refractivity contribution < 1.29 is 0 Å². The molecule has 1 unspecified atom stereocenters. The highest BCUT2D eigenvalue weighted by molar-refractivity contribution is 7.80. The summed E-state index contributed by atoms with van der Waals surface area (Å²) in [6.45, 7) is 1.96. The van der Waals surface area contributed by atoms with Crippen molar-refractivity contribution in [3.05, 3.63) is 18.7 Å². The summed E-state index contributed by atoms with van der Waals surface area (Å²) < 4.78 is 1.79. The standard InChI is InChI=1S/C5H7N2S/c1-5(8)7-3-2-6-4-7/h2-3,5,8H,1H3. The average Bonchev–Trinajstić information content (AvgIpc) is 2.12. The van der Waals surface area contributed by atoms with Crippen LogP contribution >= 0.6 is 12.6 Å². The summed E-state index contributed by atoms with van der Waals surface area (Å²) in [5.41, 5.74) is 0. The highest BCUT2D eigenvalue weighted by Crippen LogP contribution is 2.06. The maximum Gasteiger partial charge on any atom is 0.177 e. The molecule has 0 saturated carbocycles. The maximum absolute atomic E-state index is 4.15. The smallest absolute Gasteiger partial charge is 0.177 e. The van der Waals surface area contributed by atoms with E-state index in [1.165, 1.54) is 0 Å². The Hall–Kier alpha value is -0.440. The Kier molecular flexibility index (Phi) is 1.58. The Labute approximate surface area is 54.0 Å². The summed E-state index contributed by atoms with van der Waals surface area (Å²) in [7, 11) is 0. The molecule has 1 aromatic heterocycles. The molecule has 0 saturated heterocycles. The van der Waals surface area contributed by atoms with Gasteiger partial charge in [0.2, 0.25) is 0 Å². The van der Waals surface area contributed by atoms with E-state index in [0.29, 0.717) is 0 Å². The Bertz CT molecular complexity index is 145. The summed E-state index contributed by atoms with van der Waals surface area (Å²) in [5, 5.41) is 0.178. The van der Waals surface area contributed by atoms with Gasteiger partial charge in [-0.3, -0.25) is 0 Å². The maximum atomic E-state index is 4.15. The molecule has 0 aliphatic rings. The zero-order valence-electron chi connectivity index (χ0n) is 4.57. The number of hydrogen-bond donors (Lipinski definition) is 1. The van der Waals surface area contributed by atoms with Gasteiger partial charge in [-0.05, 0) is 6.92 Å². The fourth-order valence-corrected chi connectivity index (χ4v) is 0.575. The van der Waals surface area contributed by atoms with Crippen LogP contribution in [0.25, 0.3) is 0 Å². The molecule has 43 valence electrons. The van der Waals surface area contributed by atoms with E-state index in [2.05, 4.69) is 23.9 Å². The molecule has 1 atom stereocenters. The lowest BCUT2D eigenvalue weighted by molar-refractivity contribution is 0.738. The molecule has 0 aliphatic heterocycles. The van der Waals surface area contributed by atoms with E-state index < -0.39 is 0 Å². The summed E-state index contributed by atoms with van der Waals surface area (Å²) in [5.74, 6) is 0. The molecule has 3 heteroatoms. The van der Waals surface area contributed by atoms with E-state index in [1.807, 2.05) is 13.1 Å². The quantitative estimate of drug-likeness (QED) is 0.560. The summed E-state index contributed by atoms with van der Waals surface area (Å²) >= 11 is 4.15. The van der Waals surface area contributed by atoms with Crippen LogP contribution in [-0.4, -0.2) is 9.55 Å². The molecule has 2 nitrogen and oxygen atoms in total. The van der Waals surface area contributed by atoms with Gasteiger partial charge >= 0.3 is 0 Å². The molecule has 8 heavy (non-hydrogen) atoms. The molecule has 0 aliphatic carbocycles. The van der Waals surface area contributed by atoms with Crippen LogP contribution in [0.5, 0.6) is 0 Å². The van der Waals surface area contributed by atoms with Gasteiger partial charge in [0.15, 0.2) is 6.33 Å². The third-order valence-electron chi connectivity index (χ3n) is 0.878. The minimum absolute atomic E-state index is 0.178. The van der Waals surface area contributed by atoms with Gasteiger partial charge in [-0.1, -0.05) is 0 Å². The molecule has 1 heterocycles. The van der Waals surface area contributed by atoms with Gasteiger partial charge in [-0.15, -0.1) is 0 Å². The fourth-order valence-electron chi connectivity index (χ4n) is 0.447. The van der Waals surface area contributed by atoms with Crippen LogP contribution in [-0.2, 0) is 0 Å². The van der Waals surface area contributed by atoms with Gasteiger partial charge in [0.25, 0.3) is 0 Å². The third-order valence-corrected chi connectivity index (χ3v) is 1.13. The van der Waals surface area contributed by atoms with Gasteiger partial charge in [-0.2, -0.15) is 12.6 Å². The van der Waals surface area contributed by atoms with Crippen molar-refractivity contribution in [2.45, 2.75) is 12.3 Å². The van der Waals surface area contributed by atoms with Gasteiger partial charge < -0.3 is 4.57 Å². The van der Waals surface area contributed by atoms with Crippen LogP contribution in [0, 0.1) is 6.33 Å². The monoisotopic (exact) mass is 127 g/mol. The van der Waals surface area contributed by atoms with Crippen LogP contribution in [0.2, 0.25) is 0 Å². The lowest BCUT2D eigenvalue weighted by Gasteiger charge is -2.00. The molecule has 1 rings (SSSR count). The Morgan fingerprint density at radius 2 is 2.62 bits per heavy atom. The van der Waals surface area contributed by atoms with Crippen molar-refractivity contribution in [3.8, 4) is 0 Å². The topological polar surface area (TPSA) is 17.8 Å². The molecule has 0 bridgehead atoms. The van der Waals surface area contributed by atoms with Crippen LogP contribution in [0.4, 0.5) is 0 Å². The molecular weight excluding hydrogens is 120 g/mol. The third kappa shape index (κ3) is 1.04. The van der Waals surface area contributed by atoms with E-state index in [4.69, 9.17) is 0 Å². The predicted molar refractivity (Wildman–Crippen MR) is 34.8 cm³/mol. The highest BCUT2D eigenvalue weighted by atomic mass is 32.1. The zero-order chi connectivity index (χ0) is 5.98. The number of thiol groups is 1. The highest BCUT2D eigenvalue weighted by Gasteiger charge is 1.92. The summed E-state index contributed by atoms with van der Waals surface area (Å²) in [6.07, 6.45) is 6.25. The number of nitrogens with zero attached hydrogens (tertiary/aromatic N) is 2. The van der Waals surface area contributed by atoms with E-state index in [1.54, 1.807) is 10.8 Å². The Morgan fingerprint density at radius 1 is 1.88 bits per heavy atom. The van der Waals surface area contributed by atoms with Crippen molar-refractivity contribution in [1.82, 2.24) is 9.55 Å². The lowest BCUT2D eigenvalue weighted by atomic mass is 10.7. The Morgan fingerprint density at radius 3 is 2.88 bits per heavy atom. The first-order chi connectivity index (χ1) is 3.80. The van der Waals surface area contributed by atoms with Crippen LogP contribution in [0.3, 0.4) is 0 Å². The van der Waals surface area contributed by atoms with Gasteiger partial charge in [0.1, 0.15) is 0 Å². The molecule has 1 aromatic rings. The fraction of sp³-hybridized carbons (Fsp3) is 0.400. The van der Waals surface area contributed by atoms with E-state index in [-0.39, 0.29) is 5.37 Å². The summed E-state index contributed by atoms with van der Waals surface area (Å²) in [6, 6.07) is 0. The minimum atomic E-state index is 0.178. The molecule has 1 radical (unpaired) electrons. The van der Waals surface area contributed by atoms with Crippen molar-refractivity contribution in [2.24, 2.45) is 0 Å². The Balaban J connectivity index is 2.77. The SMILES string of the molecule is CC(S)n1[c]ncc1. The van der Waals surface area contributed by atoms with Crippen molar-refractivity contribution >= 4 is 12.6 Å².